The monoisotopic (exact) mass is 276 g/mol. The van der Waals surface area contributed by atoms with Crippen molar-refractivity contribution in [3.8, 4) is 5.75 Å². The van der Waals surface area contributed by atoms with Crippen LogP contribution < -0.4 is 11.1 Å². The lowest BCUT2D eigenvalue weighted by atomic mass is 10.1. The number of aromatic hydroxyl groups is 1. The van der Waals surface area contributed by atoms with E-state index in [0.29, 0.717) is 10.6 Å². The van der Waals surface area contributed by atoms with Gasteiger partial charge >= 0.3 is 0 Å². The van der Waals surface area contributed by atoms with Crippen LogP contribution in [0, 0.1) is 0 Å². The summed E-state index contributed by atoms with van der Waals surface area (Å²) in [5.74, 6) is -0.442. The van der Waals surface area contributed by atoms with Gasteiger partial charge in [0, 0.05) is 10.7 Å². The Morgan fingerprint density at radius 3 is 2.47 bits per heavy atom. The van der Waals surface area contributed by atoms with Gasteiger partial charge in [0.05, 0.1) is 0 Å². The fraction of sp³-hybridized carbons (Fsp3) is 0.0714. The Labute approximate surface area is 115 Å². The quantitative estimate of drug-likeness (QED) is 0.804. The second kappa shape index (κ2) is 5.63. The zero-order chi connectivity index (χ0) is 13.8. The van der Waals surface area contributed by atoms with Gasteiger partial charge in [0.2, 0.25) is 5.91 Å². The summed E-state index contributed by atoms with van der Waals surface area (Å²) in [6.45, 7) is 0. The van der Waals surface area contributed by atoms with E-state index in [0.717, 1.165) is 5.69 Å². The van der Waals surface area contributed by atoms with Gasteiger partial charge in [-0.3, -0.25) is 4.79 Å². The third kappa shape index (κ3) is 3.39. The predicted molar refractivity (Wildman–Crippen MR) is 75.1 cm³/mol. The normalized spacial score (nSPS) is 11.8. The van der Waals surface area contributed by atoms with E-state index < -0.39 is 11.9 Å². The van der Waals surface area contributed by atoms with Gasteiger partial charge in [-0.05, 0) is 42.0 Å². The van der Waals surface area contributed by atoms with Gasteiger partial charge < -0.3 is 16.2 Å². The first-order chi connectivity index (χ1) is 9.06. The van der Waals surface area contributed by atoms with Crippen molar-refractivity contribution in [3.63, 3.8) is 0 Å². The van der Waals surface area contributed by atoms with Gasteiger partial charge in [0.1, 0.15) is 11.8 Å². The predicted octanol–water partition coefficient (Wildman–Crippen LogP) is 2.68. The molecule has 4 nitrogen and oxygen atoms in total. The summed E-state index contributed by atoms with van der Waals surface area (Å²) in [6, 6.07) is 12.6. The smallest absolute Gasteiger partial charge is 0.244 e. The van der Waals surface area contributed by atoms with E-state index >= 15 is 0 Å². The number of primary amides is 1. The average molecular weight is 277 g/mol. The standard InChI is InChI=1S/C14H13ClN2O2/c15-10-4-6-11(7-5-10)17-13(14(16)19)9-2-1-3-12(18)8-9/h1-8,13,17-18H,(H2,16,19). The molecule has 0 saturated carbocycles. The molecular weight excluding hydrogens is 264 g/mol. The lowest BCUT2D eigenvalue weighted by Gasteiger charge is -2.17. The molecule has 2 rings (SSSR count). The van der Waals surface area contributed by atoms with Crippen LogP contribution in [-0.4, -0.2) is 11.0 Å². The SMILES string of the molecule is NC(=O)C(Nc1ccc(Cl)cc1)c1cccc(O)c1. The Hall–Kier alpha value is -2.20. The summed E-state index contributed by atoms with van der Waals surface area (Å²) < 4.78 is 0. The van der Waals surface area contributed by atoms with Crippen LogP contribution in [0.1, 0.15) is 11.6 Å². The number of nitrogens with two attached hydrogens (primary N) is 1. The van der Waals surface area contributed by atoms with Crippen LogP contribution in [0.2, 0.25) is 5.02 Å². The van der Waals surface area contributed by atoms with E-state index in [1.807, 2.05) is 0 Å². The molecule has 1 atom stereocenters. The highest BCUT2D eigenvalue weighted by Crippen LogP contribution is 2.23. The fourth-order valence-electron chi connectivity index (χ4n) is 1.74. The molecule has 0 aliphatic carbocycles. The molecule has 0 radical (unpaired) electrons. The number of amides is 1. The van der Waals surface area contributed by atoms with Crippen molar-refractivity contribution in [3.05, 3.63) is 59.1 Å². The van der Waals surface area contributed by atoms with Crippen molar-refractivity contribution in [2.45, 2.75) is 6.04 Å². The van der Waals surface area contributed by atoms with E-state index in [9.17, 15) is 9.90 Å². The van der Waals surface area contributed by atoms with Gasteiger partial charge in [-0.15, -0.1) is 0 Å². The summed E-state index contributed by atoms with van der Waals surface area (Å²) in [5.41, 5.74) is 6.71. The summed E-state index contributed by atoms with van der Waals surface area (Å²) in [7, 11) is 0. The molecule has 0 bridgehead atoms. The van der Waals surface area contributed by atoms with Gasteiger partial charge in [-0.2, -0.15) is 0 Å². The maximum absolute atomic E-state index is 11.5. The molecule has 2 aromatic carbocycles. The number of carbonyl (C=O) groups is 1. The van der Waals surface area contributed by atoms with Crippen LogP contribution in [0.3, 0.4) is 0 Å². The molecule has 1 unspecified atom stereocenters. The van der Waals surface area contributed by atoms with E-state index in [1.165, 1.54) is 12.1 Å². The topological polar surface area (TPSA) is 75.4 Å². The van der Waals surface area contributed by atoms with Crippen LogP contribution in [0.4, 0.5) is 5.69 Å². The first-order valence-electron chi connectivity index (χ1n) is 5.66. The van der Waals surface area contributed by atoms with Crippen molar-refractivity contribution in [2.24, 2.45) is 5.73 Å². The number of hydrogen-bond acceptors (Lipinski definition) is 3. The molecular formula is C14H13ClN2O2. The molecule has 0 saturated heterocycles. The summed E-state index contributed by atoms with van der Waals surface area (Å²) in [4.78, 5) is 11.5. The number of phenolic OH excluding ortho intramolecular Hbond substituents is 1. The molecule has 0 fully saturated rings. The Bertz CT molecular complexity index is 584. The van der Waals surface area contributed by atoms with Crippen LogP contribution in [0.5, 0.6) is 5.75 Å². The van der Waals surface area contributed by atoms with E-state index in [-0.39, 0.29) is 5.75 Å². The maximum atomic E-state index is 11.5. The van der Waals surface area contributed by atoms with Gasteiger partial charge in [-0.1, -0.05) is 23.7 Å². The van der Waals surface area contributed by atoms with Crippen molar-refractivity contribution >= 4 is 23.2 Å². The number of carbonyl (C=O) groups excluding carboxylic acids is 1. The highest BCUT2D eigenvalue weighted by Gasteiger charge is 2.17. The van der Waals surface area contributed by atoms with Crippen LogP contribution >= 0.6 is 11.6 Å². The Balaban J connectivity index is 2.26. The zero-order valence-corrected chi connectivity index (χ0v) is 10.8. The third-order valence-corrected chi connectivity index (χ3v) is 2.90. The van der Waals surface area contributed by atoms with Crippen LogP contribution in [0.25, 0.3) is 0 Å². The average Bonchev–Trinajstić information content (AvgIpc) is 2.37. The molecule has 1 amide bonds. The zero-order valence-electron chi connectivity index (χ0n) is 10.0. The molecule has 0 aromatic heterocycles. The Morgan fingerprint density at radius 1 is 1.21 bits per heavy atom. The Kier molecular flexibility index (Phi) is 3.92. The molecule has 0 aliphatic rings. The molecule has 4 N–H and O–H groups in total. The molecule has 2 aromatic rings. The summed E-state index contributed by atoms with van der Waals surface area (Å²) >= 11 is 5.80. The molecule has 0 spiro atoms. The molecule has 0 heterocycles. The lowest BCUT2D eigenvalue weighted by molar-refractivity contribution is -0.118. The highest BCUT2D eigenvalue weighted by molar-refractivity contribution is 6.30. The van der Waals surface area contributed by atoms with Crippen molar-refractivity contribution in [1.29, 1.82) is 0 Å². The van der Waals surface area contributed by atoms with Crippen molar-refractivity contribution in [1.82, 2.24) is 0 Å². The third-order valence-electron chi connectivity index (χ3n) is 2.64. The molecule has 19 heavy (non-hydrogen) atoms. The van der Waals surface area contributed by atoms with Crippen molar-refractivity contribution < 1.29 is 9.90 Å². The largest absolute Gasteiger partial charge is 0.508 e. The number of hydrogen-bond donors (Lipinski definition) is 3. The first kappa shape index (κ1) is 13.2. The second-order valence-corrected chi connectivity index (χ2v) is 4.52. The van der Waals surface area contributed by atoms with E-state index in [2.05, 4.69) is 5.32 Å². The number of nitrogens with one attached hydrogen (secondary N) is 1. The maximum Gasteiger partial charge on any atom is 0.244 e. The number of halogens is 1. The van der Waals surface area contributed by atoms with Gasteiger partial charge in [0.25, 0.3) is 0 Å². The highest BCUT2D eigenvalue weighted by atomic mass is 35.5. The Morgan fingerprint density at radius 2 is 1.89 bits per heavy atom. The number of anilines is 1. The minimum Gasteiger partial charge on any atom is -0.508 e. The lowest BCUT2D eigenvalue weighted by Crippen LogP contribution is -2.27. The second-order valence-electron chi connectivity index (χ2n) is 4.08. The minimum absolute atomic E-state index is 0.0849. The summed E-state index contributed by atoms with van der Waals surface area (Å²) in [6.07, 6.45) is 0. The van der Waals surface area contributed by atoms with E-state index in [4.69, 9.17) is 17.3 Å². The fourth-order valence-corrected chi connectivity index (χ4v) is 1.86. The molecule has 0 aliphatic heterocycles. The minimum atomic E-state index is -0.715. The number of rotatable bonds is 4. The molecule has 5 heteroatoms. The van der Waals surface area contributed by atoms with Crippen molar-refractivity contribution in [2.75, 3.05) is 5.32 Å². The van der Waals surface area contributed by atoms with Crippen LogP contribution in [-0.2, 0) is 4.79 Å². The number of benzene rings is 2. The molecule has 98 valence electrons. The first-order valence-corrected chi connectivity index (χ1v) is 6.04. The van der Waals surface area contributed by atoms with Gasteiger partial charge in [0.15, 0.2) is 0 Å². The number of phenols is 1. The summed E-state index contributed by atoms with van der Waals surface area (Å²) in [5, 5.41) is 13.1. The van der Waals surface area contributed by atoms with Crippen LogP contribution in [0.15, 0.2) is 48.5 Å². The van der Waals surface area contributed by atoms with Gasteiger partial charge in [-0.25, -0.2) is 0 Å². The van der Waals surface area contributed by atoms with E-state index in [1.54, 1.807) is 36.4 Å².